The van der Waals surface area contributed by atoms with Crippen molar-refractivity contribution in [2.75, 3.05) is 0 Å². The Bertz CT molecular complexity index is 424. The van der Waals surface area contributed by atoms with Crippen LogP contribution in [-0.4, -0.2) is 41.0 Å². The van der Waals surface area contributed by atoms with Gasteiger partial charge in [-0.2, -0.15) is 0 Å². The van der Waals surface area contributed by atoms with Crippen molar-refractivity contribution in [2.45, 2.75) is 81.6 Å². The Hall–Kier alpha value is -0.707. The zero-order chi connectivity index (χ0) is 20.1. The Morgan fingerprint density at radius 2 is 0.800 bits per heavy atom. The van der Waals surface area contributed by atoms with Gasteiger partial charge in [0.1, 0.15) is 0 Å². The predicted molar refractivity (Wildman–Crippen MR) is 96.2 cm³/mol. The molecule has 0 N–H and O–H groups in total. The van der Waals surface area contributed by atoms with Gasteiger partial charge in [0.15, 0.2) is 0 Å². The molecule has 0 amide bonds. The van der Waals surface area contributed by atoms with Crippen LogP contribution in [0.5, 0.6) is 0 Å². The number of hydrogen-bond acceptors (Lipinski definition) is 6. The van der Waals surface area contributed by atoms with Crippen LogP contribution < -0.4 is 0 Å². The zero-order valence-electron chi connectivity index (χ0n) is 17.0. The van der Waals surface area contributed by atoms with Gasteiger partial charge in [-0.25, -0.2) is 0 Å². The first-order valence-electron chi connectivity index (χ1n) is 8.70. The van der Waals surface area contributed by atoms with Crippen molar-refractivity contribution in [1.29, 1.82) is 0 Å². The molecule has 0 fully saturated rings. The summed E-state index contributed by atoms with van der Waals surface area (Å²) in [6, 6.07) is 0. The number of rotatable bonds is 9. The van der Waals surface area contributed by atoms with E-state index >= 15 is 0 Å². The van der Waals surface area contributed by atoms with Gasteiger partial charge in [0.05, 0.1) is 0 Å². The van der Waals surface area contributed by atoms with E-state index < -0.39 is 57.2 Å². The van der Waals surface area contributed by atoms with Gasteiger partial charge in [0.25, 0.3) is 0 Å². The normalized spacial score (nSPS) is 12.7. The van der Waals surface area contributed by atoms with Gasteiger partial charge < -0.3 is 0 Å². The molecule has 0 aliphatic heterocycles. The summed E-state index contributed by atoms with van der Waals surface area (Å²) in [6.07, 6.45) is 1.69. The van der Waals surface area contributed by atoms with Crippen LogP contribution in [0.25, 0.3) is 0 Å². The van der Waals surface area contributed by atoms with E-state index in [4.69, 9.17) is 8.44 Å². The molecule has 0 heterocycles. The zero-order valence-corrected chi connectivity index (χ0v) is 20.5. The molecule has 0 aliphatic carbocycles. The topological polar surface area (TPSA) is 78.9 Å². The minimum atomic E-state index is -4.05. The van der Waals surface area contributed by atoms with Crippen molar-refractivity contribution in [3.63, 3.8) is 0 Å². The van der Waals surface area contributed by atoms with Crippen LogP contribution in [0.1, 0.15) is 81.6 Å². The Morgan fingerprint density at radius 3 is 0.960 bits per heavy atom. The molecule has 0 bridgehead atoms. The van der Waals surface area contributed by atoms with Crippen LogP contribution in [0, 0.1) is 16.2 Å². The SMILES string of the molecule is CCC(C)(C)C(=O)[O][Bi]([O]C(=O)C(C)(C)CC)[O]C(=O)C(C)(C)CC. The summed E-state index contributed by atoms with van der Waals surface area (Å²) in [4.78, 5) is 37.1. The number of carbonyl (C=O) groups excluding carboxylic acids is 3. The van der Waals surface area contributed by atoms with E-state index in [1.54, 1.807) is 41.5 Å². The standard InChI is InChI=1S/3C6H12O2.Bi/c3*1-4-6(2,3)5(7)8;/h3*4H2,1-3H3,(H,7,8);/q;;;+3/p-3. The van der Waals surface area contributed by atoms with Gasteiger partial charge in [-0.05, 0) is 0 Å². The summed E-state index contributed by atoms with van der Waals surface area (Å²) >= 11 is -4.05. The number of hydrogen-bond donors (Lipinski definition) is 0. The monoisotopic (exact) mass is 554 g/mol. The van der Waals surface area contributed by atoms with Gasteiger partial charge in [-0.1, -0.05) is 0 Å². The fourth-order valence-corrected chi connectivity index (χ4v) is 5.96. The molecule has 0 unspecified atom stereocenters. The second-order valence-electron chi connectivity index (χ2n) is 8.07. The van der Waals surface area contributed by atoms with Crippen LogP contribution in [0.2, 0.25) is 0 Å². The molecule has 0 spiro atoms. The summed E-state index contributed by atoms with van der Waals surface area (Å²) in [5.74, 6) is -1.51. The first-order valence-corrected chi connectivity index (χ1v) is 13.0. The van der Waals surface area contributed by atoms with E-state index in [0.29, 0.717) is 19.3 Å². The predicted octanol–water partition coefficient (Wildman–Crippen LogP) is 3.91. The van der Waals surface area contributed by atoms with Crippen molar-refractivity contribution in [3.8, 4) is 0 Å². The van der Waals surface area contributed by atoms with E-state index in [0.717, 1.165) is 0 Å². The molecular weight excluding hydrogens is 521 g/mol. The summed E-state index contributed by atoms with van der Waals surface area (Å²) in [6.45, 7) is 16.1. The van der Waals surface area contributed by atoms with Crippen molar-refractivity contribution in [2.24, 2.45) is 16.2 Å². The van der Waals surface area contributed by atoms with Gasteiger partial charge in [-0.15, -0.1) is 0 Å². The van der Waals surface area contributed by atoms with Crippen molar-refractivity contribution in [1.82, 2.24) is 0 Å². The quantitative estimate of drug-likeness (QED) is 0.403. The molecule has 146 valence electrons. The van der Waals surface area contributed by atoms with E-state index in [9.17, 15) is 14.4 Å². The molecule has 6 nitrogen and oxygen atoms in total. The van der Waals surface area contributed by atoms with Gasteiger partial charge in [-0.3, -0.25) is 0 Å². The first-order chi connectivity index (χ1) is 11.2. The summed E-state index contributed by atoms with van der Waals surface area (Å²) < 4.78 is 16.2. The average molecular weight is 554 g/mol. The van der Waals surface area contributed by atoms with Crippen LogP contribution in [0.15, 0.2) is 0 Å². The molecule has 0 saturated carbocycles. The molecular formula is C18H33BiO6. The molecule has 0 saturated heterocycles. The Balaban J connectivity index is 5.35. The maximum atomic E-state index is 12.4. The van der Waals surface area contributed by atoms with Crippen molar-refractivity contribution < 1.29 is 22.8 Å². The molecule has 7 heteroatoms. The van der Waals surface area contributed by atoms with Gasteiger partial charge >= 0.3 is 162 Å². The van der Waals surface area contributed by atoms with Crippen molar-refractivity contribution in [3.05, 3.63) is 0 Å². The molecule has 0 aromatic rings. The summed E-state index contributed by atoms with van der Waals surface area (Å²) in [5.41, 5.74) is -2.19. The molecule has 25 heavy (non-hydrogen) atoms. The van der Waals surface area contributed by atoms with Crippen LogP contribution >= 0.6 is 0 Å². The van der Waals surface area contributed by atoms with Gasteiger partial charge in [0, 0.05) is 0 Å². The van der Waals surface area contributed by atoms with E-state index in [2.05, 4.69) is 0 Å². The summed E-state index contributed by atoms with van der Waals surface area (Å²) in [7, 11) is 0. The number of carbonyl (C=O) groups is 3. The maximum absolute atomic E-state index is 12.4. The molecule has 0 atom stereocenters. The van der Waals surface area contributed by atoms with E-state index in [1.807, 2.05) is 20.8 Å². The average Bonchev–Trinajstić information content (AvgIpc) is 2.54. The second kappa shape index (κ2) is 9.29. The third-order valence-electron chi connectivity index (χ3n) is 4.78. The molecule has 0 aliphatic rings. The Morgan fingerprint density at radius 1 is 0.600 bits per heavy atom. The van der Waals surface area contributed by atoms with Crippen LogP contribution in [-0.2, 0) is 22.8 Å². The van der Waals surface area contributed by atoms with Crippen LogP contribution in [0.3, 0.4) is 0 Å². The van der Waals surface area contributed by atoms with Gasteiger partial charge in [0.2, 0.25) is 0 Å². The minimum absolute atomic E-state index is 0.503. The third-order valence-corrected chi connectivity index (χ3v) is 8.45. The second-order valence-corrected chi connectivity index (χ2v) is 11.9. The van der Waals surface area contributed by atoms with Crippen molar-refractivity contribution >= 4 is 41.0 Å². The Kier molecular flexibility index (Phi) is 9.03. The van der Waals surface area contributed by atoms with E-state index in [1.165, 1.54) is 0 Å². The molecule has 0 radical (unpaired) electrons. The Labute approximate surface area is 161 Å². The molecule has 0 rings (SSSR count). The molecule has 0 aromatic heterocycles. The fourth-order valence-electron chi connectivity index (χ4n) is 1.06. The molecule has 0 aromatic carbocycles. The third kappa shape index (κ3) is 7.20. The first kappa shape index (κ1) is 24.3. The van der Waals surface area contributed by atoms with Crippen LogP contribution in [0.4, 0.5) is 0 Å². The van der Waals surface area contributed by atoms with E-state index in [-0.39, 0.29) is 0 Å². The fraction of sp³-hybridized carbons (Fsp3) is 0.833. The summed E-state index contributed by atoms with van der Waals surface area (Å²) in [5, 5.41) is 0.